The van der Waals surface area contributed by atoms with Crippen molar-refractivity contribution in [2.24, 2.45) is 11.8 Å². The maximum Gasteiger partial charge on any atom is 0.311 e. The quantitative estimate of drug-likeness (QED) is 0.436. The Morgan fingerprint density at radius 1 is 1.04 bits per heavy atom. The third-order valence-corrected chi connectivity index (χ3v) is 10.2. The van der Waals surface area contributed by atoms with Crippen molar-refractivity contribution in [1.82, 2.24) is 0 Å². The fourth-order valence-electron chi connectivity index (χ4n) is 3.44. The molecule has 1 rings (SSSR count). The zero-order chi connectivity index (χ0) is 19.7. The van der Waals surface area contributed by atoms with E-state index < -0.39 is 20.3 Å². The molecule has 0 fully saturated rings. The van der Waals surface area contributed by atoms with E-state index >= 15 is 0 Å². The Balaban J connectivity index is 3.13. The molecule has 0 aliphatic rings. The topological polar surface area (TPSA) is 55.8 Å². The number of esters is 1. The summed E-state index contributed by atoms with van der Waals surface area (Å²) < 4.78 is 11.9. The van der Waals surface area contributed by atoms with Gasteiger partial charge in [-0.1, -0.05) is 58.0 Å². The molecule has 0 saturated heterocycles. The number of ether oxygens (including phenoxy) is 1. The van der Waals surface area contributed by atoms with Crippen molar-refractivity contribution in [2.45, 2.75) is 71.9 Å². The number of aliphatic hydroxyl groups excluding tert-OH is 1. The summed E-state index contributed by atoms with van der Waals surface area (Å²) in [4.78, 5) is 12.1. The van der Waals surface area contributed by atoms with Crippen LogP contribution in [0.3, 0.4) is 0 Å². The van der Waals surface area contributed by atoms with Gasteiger partial charge in [0.1, 0.15) is 0 Å². The first kappa shape index (κ1) is 22.9. The molecule has 0 aliphatic heterocycles. The van der Waals surface area contributed by atoms with E-state index in [1.165, 1.54) is 0 Å². The third kappa shape index (κ3) is 5.66. The fraction of sp³-hybridized carbons (Fsp3) is 0.667. The van der Waals surface area contributed by atoms with Crippen LogP contribution < -0.4 is 0 Å². The maximum atomic E-state index is 12.1. The number of hydrogen-bond acceptors (Lipinski definition) is 4. The number of aliphatic hydroxyl groups is 1. The Bertz CT molecular complexity index is 522. The van der Waals surface area contributed by atoms with Gasteiger partial charge in [0.25, 0.3) is 0 Å². The molecule has 0 aromatic heterocycles. The van der Waals surface area contributed by atoms with Crippen LogP contribution in [0.2, 0.25) is 18.1 Å². The van der Waals surface area contributed by atoms with Gasteiger partial charge in [0, 0.05) is 5.92 Å². The van der Waals surface area contributed by atoms with E-state index in [0.717, 1.165) is 23.7 Å². The molecule has 0 aliphatic carbocycles. The van der Waals surface area contributed by atoms with Crippen LogP contribution in [0.25, 0.3) is 0 Å². The minimum absolute atomic E-state index is 0.215. The molecule has 4 nitrogen and oxygen atoms in total. The molecule has 26 heavy (non-hydrogen) atoms. The van der Waals surface area contributed by atoms with Crippen LogP contribution in [-0.4, -0.2) is 32.1 Å². The number of carbonyl (C=O) groups excluding carboxylic acids is 1. The van der Waals surface area contributed by atoms with Gasteiger partial charge in [-0.3, -0.25) is 4.79 Å². The van der Waals surface area contributed by atoms with E-state index in [1.807, 2.05) is 37.3 Å². The number of rotatable bonds is 11. The summed E-state index contributed by atoms with van der Waals surface area (Å²) in [5, 5.41) is 10.9. The van der Waals surface area contributed by atoms with Gasteiger partial charge in [0.2, 0.25) is 0 Å². The van der Waals surface area contributed by atoms with Crippen LogP contribution in [0.1, 0.15) is 53.2 Å². The summed E-state index contributed by atoms with van der Waals surface area (Å²) in [5.74, 6) is -1.15. The first-order valence-corrected chi connectivity index (χ1v) is 12.5. The van der Waals surface area contributed by atoms with Gasteiger partial charge >= 0.3 is 5.97 Å². The van der Waals surface area contributed by atoms with E-state index in [1.54, 1.807) is 13.8 Å². The number of carbonyl (C=O) groups is 1. The minimum atomic E-state index is -1.88. The average Bonchev–Trinajstić information content (AvgIpc) is 2.68. The fourth-order valence-corrected chi connectivity index (χ4v) is 6.33. The lowest BCUT2D eigenvalue weighted by atomic mass is 9.86. The highest BCUT2D eigenvalue weighted by molar-refractivity contribution is 6.73. The Morgan fingerprint density at radius 2 is 1.58 bits per heavy atom. The highest BCUT2D eigenvalue weighted by Gasteiger charge is 2.39. The molecule has 0 heterocycles. The van der Waals surface area contributed by atoms with Gasteiger partial charge < -0.3 is 14.3 Å². The molecule has 0 radical (unpaired) electrons. The van der Waals surface area contributed by atoms with Crippen molar-refractivity contribution in [3.05, 3.63) is 35.9 Å². The van der Waals surface area contributed by atoms with Crippen molar-refractivity contribution >= 4 is 14.3 Å². The lowest BCUT2D eigenvalue weighted by molar-refractivity contribution is -0.153. The van der Waals surface area contributed by atoms with Gasteiger partial charge in [-0.2, -0.15) is 0 Å². The smallest absolute Gasteiger partial charge is 0.311 e. The molecule has 0 bridgehead atoms. The molecule has 0 saturated carbocycles. The molecule has 1 aromatic rings. The van der Waals surface area contributed by atoms with Crippen LogP contribution in [0.4, 0.5) is 0 Å². The van der Waals surface area contributed by atoms with Crippen molar-refractivity contribution in [3.8, 4) is 0 Å². The van der Waals surface area contributed by atoms with Crippen LogP contribution in [0, 0.1) is 11.8 Å². The predicted molar refractivity (Wildman–Crippen MR) is 108 cm³/mol. The Labute approximate surface area is 160 Å². The van der Waals surface area contributed by atoms with Crippen LogP contribution in [-0.2, 0) is 14.0 Å². The standard InChI is InChI=1S/C21H36O4Si/c1-7-24-21(23)17(6)19(22)16(5)20(18-14-12-11-13-15-18)25-26(8-2,9-3)10-4/h11-17,19-20,22H,7-10H2,1-6H3/t16-,17+,19+,20-/m0/s1. The molecule has 4 atom stereocenters. The maximum absolute atomic E-state index is 12.1. The average molecular weight is 381 g/mol. The summed E-state index contributed by atoms with van der Waals surface area (Å²) >= 11 is 0. The Hall–Kier alpha value is -1.17. The van der Waals surface area contributed by atoms with E-state index in [-0.39, 0.29) is 18.0 Å². The summed E-state index contributed by atoms with van der Waals surface area (Å²) in [5.41, 5.74) is 1.06. The lowest BCUT2D eigenvalue weighted by Gasteiger charge is -2.38. The van der Waals surface area contributed by atoms with Crippen LogP contribution in [0.5, 0.6) is 0 Å². The first-order valence-electron chi connectivity index (χ1n) is 9.93. The van der Waals surface area contributed by atoms with Crippen molar-refractivity contribution in [1.29, 1.82) is 0 Å². The van der Waals surface area contributed by atoms with Crippen molar-refractivity contribution < 1.29 is 19.1 Å². The molecule has 1 N–H and O–H groups in total. The Morgan fingerprint density at radius 3 is 2.04 bits per heavy atom. The summed E-state index contributed by atoms with van der Waals surface area (Å²) in [6.45, 7) is 12.4. The van der Waals surface area contributed by atoms with Gasteiger partial charge in [-0.15, -0.1) is 0 Å². The largest absolute Gasteiger partial charge is 0.466 e. The first-order chi connectivity index (χ1) is 12.4. The second-order valence-electron chi connectivity index (χ2n) is 7.08. The van der Waals surface area contributed by atoms with Crippen molar-refractivity contribution in [2.75, 3.05) is 6.61 Å². The van der Waals surface area contributed by atoms with Gasteiger partial charge in [-0.25, -0.2) is 0 Å². The molecule has 5 heteroatoms. The summed E-state index contributed by atoms with van der Waals surface area (Å²) in [7, 11) is -1.88. The molecule has 0 spiro atoms. The van der Waals surface area contributed by atoms with Crippen LogP contribution in [0.15, 0.2) is 30.3 Å². The second kappa shape index (κ2) is 10.9. The van der Waals surface area contributed by atoms with E-state index in [0.29, 0.717) is 6.61 Å². The molecular weight excluding hydrogens is 344 g/mol. The van der Waals surface area contributed by atoms with Gasteiger partial charge in [0.15, 0.2) is 8.32 Å². The van der Waals surface area contributed by atoms with Gasteiger partial charge in [0.05, 0.1) is 24.7 Å². The van der Waals surface area contributed by atoms with Gasteiger partial charge in [-0.05, 0) is 37.5 Å². The number of benzene rings is 1. The molecule has 148 valence electrons. The van der Waals surface area contributed by atoms with E-state index in [2.05, 4.69) is 20.8 Å². The number of hydrogen-bond donors (Lipinski definition) is 1. The zero-order valence-electron chi connectivity index (χ0n) is 17.2. The van der Waals surface area contributed by atoms with Crippen molar-refractivity contribution in [3.63, 3.8) is 0 Å². The van der Waals surface area contributed by atoms with E-state index in [9.17, 15) is 9.90 Å². The highest BCUT2D eigenvalue weighted by atomic mass is 28.4. The summed E-state index contributed by atoms with van der Waals surface area (Å²) in [6.07, 6.45) is -1.05. The zero-order valence-corrected chi connectivity index (χ0v) is 18.2. The van der Waals surface area contributed by atoms with E-state index in [4.69, 9.17) is 9.16 Å². The molecular formula is C21H36O4Si. The third-order valence-electron chi connectivity index (χ3n) is 5.62. The highest BCUT2D eigenvalue weighted by Crippen LogP contribution is 2.37. The minimum Gasteiger partial charge on any atom is -0.466 e. The lowest BCUT2D eigenvalue weighted by Crippen LogP contribution is -2.42. The Kier molecular flexibility index (Phi) is 9.54. The molecule has 1 aromatic carbocycles. The monoisotopic (exact) mass is 380 g/mol. The predicted octanol–water partition coefficient (Wildman–Crippen LogP) is 4.95. The molecule has 0 unspecified atom stereocenters. The normalized spacial score (nSPS) is 16.6. The second-order valence-corrected chi connectivity index (χ2v) is 11.8. The van der Waals surface area contributed by atoms with Crippen LogP contribution >= 0.6 is 0 Å². The summed E-state index contributed by atoms with van der Waals surface area (Å²) in [6, 6.07) is 13.2. The SMILES string of the molecule is CCOC(=O)[C@H](C)[C@H](O)[C@H](C)[C@H](O[Si](CC)(CC)CC)c1ccccc1. The molecule has 0 amide bonds.